The van der Waals surface area contributed by atoms with Gasteiger partial charge in [-0.1, -0.05) is 6.42 Å². The topological polar surface area (TPSA) is 88.3 Å². The van der Waals surface area contributed by atoms with Gasteiger partial charge in [-0.15, -0.1) is 0 Å². The van der Waals surface area contributed by atoms with Crippen molar-refractivity contribution < 1.29 is 18.7 Å². The van der Waals surface area contributed by atoms with Crippen LogP contribution in [0.4, 0.5) is 4.39 Å². The normalized spacial score (nSPS) is 16.1. The molecular weight excluding hydrogens is 279 g/mol. The van der Waals surface area contributed by atoms with Crippen LogP contribution < -0.4 is 10.9 Å². The summed E-state index contributed by atoms with van der Waals surface area (Å²) in [6.45, 7) is 1.79. The average Bonchev–Trinajstić information content (AvgIpc) is 2.40. The number of aromatic amines is 1. The highest BCUT2D eigenvalue weighted by Crippen LogP contribution is 2.19. The minimum absolute atomic E-state index is 0.0722. The maximum absolute atomic E-state index is 13.3. The standard InChI is InChI=1S/C14H17FN2O4/c1-2-21-14(20)11(17-9-4-3-5-9)12(18)8-6-10(15)13(19)16-7-8/h6-7,9,11,17H,2-5H2,1H3,(H,16,19). The molecule has 21 heavy (non-hydrogen) atoms. The number of esters is 1. The summed E-state index contributed by atoms with van der Waals surface area (Å²) in [5.74, 6) is -2.37. The van der Waals surface area contributed by atoms with E-state index >= 15 is 0 Å². The number of aromatic nitrogens is 1. The number of ketones is 1. The van der Waals surface area contributed by atoms with Gasteiger partial charge in [0.1, 0.15) is 0 Å². The Morgan fingerprint density at radius 1 is 1.52 bits per heavy atom. The lowest BCUT2D eigenvalue weighted by atomic mass is 9.91. The lowest BCUT2D eigenvalue weighted by molar-refractivity contribution is -0.144. The quantitative estimate of drug-likeness (QED) is 0.460. The van der Waals surface area contributed by atoms with E-state index in [9.17, 15) is 18.8 Å². The summed E-state index contributed by atoms with van der Waals surface area (Å²) >= 11 is 0. The zero-order valence-electron chi connectivity index (χ0n) is 11.6. The molecule has 0 radical (unpaired) electrons. The van der Waals surface area contributed by atoms with Crippen molar-refractivity contribution in [1.29, 1.82) is 0 Å². The van der Waals surface area contributed by atoms with Crippen LogP contribution >= 0.6 is 0 Å². The Morgan fingerprint density at radius 2 is 2.24 bits per heavy atom. The first-order valence-electron chi connectivity index (χ1n) is 6.88. The van der Waals surface area contributed by atoms with Gasteiger partial charge in [0.05, 0.1) is 6.61 Å². The fourth-order valence-corrected chi connectivity index (χ4v) is 2.05. The fourth-order valence-electron chi connectivity index (χ4n) is 2.05. The molecule has 0 aliphatic heterocycles. The van der Waals surface area contributed by atoms with E-state index in [4.69, 9.17) is 4.74 Å². The molecule has 0 aromatic carbocycles. The first-order valence-corrected chi connectivity index (χ1v) is 6.88. The Bertz CT molecular complexity index is 595. The Labute approximate surface area is 120 Å². The number of halogens is 1. The number of carbonyl (C=O) groups is 2. The van der Waals surface area contributed by atoms with Crippen LogP contribution in [0.1, 0.15) is 36.5 Å². The summed E-state index contributed by atoms with van der Waals surface area (Å²) < 4.78 is 18.1. The summed E-state index contributed by atoms with van der Waals surface area (Å²) in [5.41, 5.74) is -0.983. The molecule has 1 saturated carbocycles. The van der Waals surface area contributed by atoms with Crippen molar-refractivity contribution >= 4 is 11.8 Å². The lowest BCUT2D eigenvalue weighted by Gasteiger charge is -2.29. The molecule has 1 atom stereocenters. The smallest absolute Gasteiger partial charge is 0.331 e. The van der Waals surface area contributed by atoms with Crippen molar-refractivity contribution in [2.75, 3.05) is 6.61 Å². The third-order valence-corrected chi connectivity index (χ3v) is 3.43. The van der Waals surface area contributed by atoms with Gasteiger partial charge in [-0.25, -0.2) is 9.18 Å². The molecule has 1 aromatic heterocycles. The lowest BCUT2D eigenvalue weighted by Crippen LogP contribution is -2.51. The molecule has 6 nitrogen and oxygen atoms in total. The molecule has 1 aromatic rings. The molecule has 1 heterocycles. The first-order chi connectivity index (χ1) is 10.0. The largest absolute Gasteiger partial charge is 0.464 e. The van der Waals surface area contributed by atoms with Crippen LogP contribution in [-0.2, 0) is 9.53 Å². The molecule has 0 amide bonds. The molecule has 1 unspecified atom stereocenters. The first kappa shape index (κ1) is 15.4. The maximum Gasteiger partial charge on any atom is 0.331 e. The Morgan fingerprint density at radius 3 is 2.76 bits per heavy atom. The van der Waals surface area contributed by atoms with Crippen molar-refractivity contribution in [1.82, 2.24) is 10.3 Å². The van der Waals surface area contributed by atoms with Crippen LogP contribution in [0.5, 0.6) is 0 Å². The van der Waals surface area contributed by atoms with Crippen molar-refractivity contribution in [2.45, 2.75) is 38.3 Å². The number of rotatable bonds is 6. The summed E-state index contributed by atoms with van der Waals surface area (Å²) in [7, 11) is 0. The van der Waals surface area contributed by atoms with Crippen LogP contribution in [0, 0.1) is 5.82 Å². The van der Waals surface area contributed by atoms with Gasteiger partial charge >= 0.3 is 5.97 Å². The Kier molecular flexibility index (Phi) is 4.85. The minimum atomic E-state index is -1.18. The van der Waals surface area contributed by atoms with E-state index in [0.717, 1.165) is 31.5 Å². The second-order valence-electron chi connectivity index (χ2n) is 4.91. The minimum Gasteiger partial charge on any atom is -0.464 e. The van der Waals surface area contributed by atoms with E-state index in [1.807, 2.05) is 0 Å². The van der Waals surface area contributed by atoms with Gasteiger partial charge in [0.25, 0.3) is 5.56 Å². The number of Topliss-reactive ketones (excluding diaryl/α,β-unsaturated/α-hetero) is 1. The van der Waals surface area contributed by atoms with Crippen molar-refractivity contribution in [3.05, 3.63) is 34.0 Å². The summed E-state index contributed by atoms with van der Waals surface area (Å²) in [6.07, 6.45) is 3.89. The van der Waals surface area contributed by atoms with Crippen LogP contribution in [0.15, 0.2) is 17.1 Å². The molecule has 0 saturated heterocycles. The zero-order valence-corrected chi connectivity index (χ0v) is 11.6. The van der Waals surface area contributed by atoms with Gasteiger partial charge in [0, 0.05) is 17.8 Å². The number of ether oxygens (including phenoxy) is 1. The summed E-state index contributed by atoms with van der Waals surface area (Å²) in [5, 5.41) is 2.93. The number of hydrogen-bond donors (Lipinski definition) is 2. The number of nitrogens with one attached hydrogen (secondary N) is 2. The van der Waals surface area contributed by atoms with E-state index in [0.29, 0.717) is 0 Å². The van der Waals surface area contributed by atoms with Crippen LogP contribution in [0.3, 0.4) is 0 Å². The van der Waals surface area contributed by atoms with Crippen LogP contribution in [0.25, 0.3) is 0 Å². The van der Waals surface area contributed by atoms with Gasteiger partial charge in [-0.2, -0.15) is 0 Å². The molecular formula is C14H17FN2O4. The predicted molar refractivity (Wildman–Crippen MR) is 72.5 cm³/mol. The number of carbonyl (C=O) groups excluding carboxylic acids is 2. The predicted octanol–water partition coefficient (Wildman–Crippen LogP) is 0.770. The second-order valence-corrected chi connectivity index (χ2v) is 4.91. The maximum atomic E-state index is 13.3. The van der Waals surface area contributed by atoms with E-state index in [-0.39, 0.29) is 18.2 Å². The Hall–Kier alpha value is -2.02. The van der Waals surface area contributed by atoms with Gasteiger partial charge in [0.2, 0.25) is 0 Å². The molecule has 2 rings (SSSR count). The third-order valence-electron chi connectivity index (χ3n) is 3.43. The number of pyridine rings is 1. The molecule has 2 N–H and O–H groups in total. The van der Waals surface area contributed by atoms with Crippen molar-refractivity contribution in [3.8, 4) is 0 Å². The van der Waals surface area contributed by atoms with Gasteiger partial charge in [-0.3, -0.25) is 14.9 Å². The molecule has 114 valence electrons. The van der Waals surface area contributed by atoms with Crippen molar-refractivity contribution in [3.63, 3.8) is 0 Å². The summed E-state index contributed by atoms with van der Waals surface area (Å²) in [4.78, 5) is 37.4. The fraction of sp³-hybridized carbons (Fsp3) is 0.500. The van der Waals surface area contributed by atoms with Crippen LogP contribution in [-0.4, -0.2) is 35.4 Å². The highest BCUT2D eigenvalue weighted by Gasteiger charge is 2.33. The highest BCUT2D eigenvalue weighted by molar-refractivity contribution is 6.12. The SMILES string of the molecule is CCOC(=O)C(NC1CCC1)C(=O)c1c[nH]c(=O)c(F)c1. The Balaban J connectivity index is 2.20. The number of H-pyrrole nitrogens is 1. The molecule has 1 aliphatic carbocycles. The van der Waals surface area contributed by atoms with E-state index in [1.54, 1.807) is 6.92 Å². The molecule has 1 aliphatic rings. The molecule has 1 fully saturated rings. The third kappa shape index (κ3) is 3.55. The van der Waals surface area contributed by atoms with Crippen LogP contribution in [0.2, 0.25) is 0 Å². The zero-order chi connectivity index (χ0) is 15.4. The van der Waals surface area contributed by atoms with Gasteiger partial charge in [-0.05, 0) is 25.8 Å². The molecule has 0 spiro atoms. The highest BCUT2D eigenvalue weighted by atomic mass is 19.1. The number of hydrogen-bond acceptors (Lipinski definition) is 5. The van der Waals surface area contributed by atoms with E-state index in [1.165, 1.54) is 0 Å². The van der Waals surface area contributed by atoms with Gasteiger partial charge in [0.15, 0.2) is 17.6 Å². The average molecular weight is 296 g/mol. The monoisotopic (exact) mass is 296 g/mol. The summed E-state index contributed by atoms with van der Waals surface area (Å²) in [6, 6.07) is -0.271. The molecule has 7 heteroatoms. The van der Waals surface area contributed by atoms with Gasteiger partial charge < -0.3 is 9.72 Å². The van der Waals surface area contributed by atoms with E-state index < -0.39 is 29.2 Å². The second kappa shape index (κ2) is 6.62. The molecule has 0 bridgehead atoms. The van der Waals surface area contributed by atoms with E-state index in [2.05, 4.69) is 10.3 Å². The van der Waals surface area contributed by atoms with Crippen molar-refractivity contribution in [2.24, 2.45) is 0 Å².